The predicted molar refractivity (Wildman–Crippen MR) is 107 cm³/mol. The molecule has 0 atom stereocenters. The molecule has 2 aliphatic rings. The van der Waals surface area contributed by atoms with Crippen molar-refractivity contribution in [3.8, 4) is 0 Å². The molecule has 0 saturated heterocycles. The van der Waals surface area contributed by atoms with E-state index in [2.05, 4.69) is 14.7 Å². The molecule has 4 rings (SSSR count). The van der Waals surface area contributed by atoms with Crippen LogP contribution in [-0.2, 0) is 26.2 Å². The van der Waals surface area contributed by atoms with Crippen LogP contribution in [0.1, 0.15) is 5.69 Å². The minimum absolute atomic E-state index is 0.0479. The third-order valence-electron chi connectivity index (χ3n) is 3.99. The Morgan fingerprint density at radius 2 is 2.07 bits per heavy atom. The van der Waals surface area contributed by atoms with Crippen LogP contribution < -0.4 is 5.32 Å². The predicted octanol–water partition coefficient (Wildman–Crippen LogP) is 2.43. The first-order valence-corrected chi connectivity index (χ1v) is 10.9. The van der Waals surface area contributed by atoms with Gasteiger partial charge in [0, 0.05) is 23.8 Å². The van der Waals surface area contributed by atoms with Crippen molar-refractivity contribution in [2.24, 2.45) is 4.40 Å². The molecule has 0 aliphatic carbocycles. The second-order valence-electron chi connectivity index (χ2n) is 6.06. The zero-order chi connectivity index (χ0) is 19.6. The highest BCUT2D eigenvalue weighted by Crippen LogP contribution is 2.22. The molecule has 0 unspecified atom stereocenters. The molecule has 1 N–H and O–H groups in total. The van der Waals surface area contributed by atoms with E-state index in [1.165, 1.54) is 23.5 Å². The lowest BCUT2D eigenvalue weighted by atomic mass is 10.2. The van der Waals surface area contributed by atoms with E-state index in [0.29, 0.717) is 22.2 Å². The standard InChI is InChI=1S/C18H16N4O4S2/c23-17(13-6-7-16-21-28(24,25)9-8-22(16)10-13)26-11-15-12-27-18(20-15)19-14-4-2-1-3-5-14/h1-7,10,12H,8-9,11H2,(H,19,20). The van der Waals surface area contributed by atoms with Gasteiger partial charge in [0.2, 0.25) is 0 Å². The first-order chi connectivity index (χ1) is 13.5. The fourth-order valence-corrected chi connectivity index (χ4v) is 4.30. The summed E-state index contributed by atoms with van der Waals surface area (Å²) in [4.78, 5) is 18.3. The third-order valence-corrected chi connectivity index (χ3v) is 5.96. The topological polar surface area (TPSA) is 101 Å². The van der Waals surface area contributed by atoms with Crippen LogP contribution in [-0.4, -0.2) is 42.4 Å². The molecule has 144 valence electrons. The summed E-state index contributed by atoms with van der Waals surface area (Å²) < 4.78 is 32.1. The van der Waals surface area contributed by atoms with E-state index in [1.54, 1.807) is 11.1 Å². The maximum Gasteiger partial charge on any atom is 0.340 e. The van der Waals surface area contributed by atoms with Gasteiger partial charge in [0.05, 0.1) is 17.0 Å². The number of thiazole rings is 1. The molecule has 0 bridgehead atoms. The van der Waals surface area contributed by atoms with Crippen molar-refractivity contribution in [3.05, 3.63) is 65.3 Å². The van der Waals surface area contributed by atoms with Crippen molar-refractivity contribution in [1.29, 1.82) is 0 Å². The number of anilines is 2. The Labute approximate surface area is 165 Å². The number of para-hydroxylation sites is 1. The minimum atomic E-state index is -3.42. The number of nitrogens with one attached hydrogen (secondary N) is 1. The molecule has 0 radical (unpaired) electrons. The Morgan fingerprint density at radius 1 is 1.25 bits per heavy atom. The fraction of sp³-hybridized carbons (Fsp3) is 0.167. The van der Waals surface area contributed by atoms with E-state index >= 15 is 0 Å². The van der Waals surface area contributed by atoms with Gasteiger partial charge in [0.25, 0.3) is 10.0 Å². The molecule has 3 heterocycles. The molecule has 0 fully saturated rings. The number of benzene rings is 1. The summed E-state index contributed by atoms with van der Waals surface area (Å²) in [6, 6.07) is 9.67. The van der Waals surface area contributed by atoms with Crippen LogP contribution in [0.2, 0.25) is 0 Å². The van der Waals surface area contributed by atoms with Crippen LogP contribution in [0.4, 0.5) is 10.8 Å². The largest absolute Gasteiger partial charge is 0.456 e. The van der Waals surface area contributed by atoms with Crippen molar-refractivity contribution in [3.63, 3.8) is 0 Å². The normalized spacial score (nSPS) is 17.4. The first-order valence-electron chi connectivity index (χ1n) is 8.41. The molecule has 1 aromatic heterocycles. The maximum absolute atomic E-state index is 12.3. The van der Waals surface area contributed by atoms with Gasteiger partial charge < -0.3 is 15.0 Å². The third kappa shape index (κ3) is 4.29. The monoisotopic (exact) mass is 416 g/mol. The molecular weight excluding hydrogens is 400 g/mol. The SMILES string of the molecule is O=C(OCc1csc(Nc2ccccc2)n1)C1=CN2CCS(=O)(=O)N=C2C=C1. The van der Waals surface area contributed by atoms with Gasteiger partial charge in [-0.1, -0.05) is 18.2 Å². The lowest BCUT2D eigenvalue weighted by Crippen LogP contribution is -2.37. The van der Waals surface area contributed by atoms with Gasteiger partial charge in [-0.2, -0.15) is 0 Å². The average molecular weight is 416 g/mol. The number of rotatable bonds is 5. The number of amidine groups is 1. The van der Waals surface area contributed by atoms with Crippen LogP contribution in [0.25, 0.3) is 0 Å². The van der Waals surface area contributed by atoms with Crippen LogP contribution in [0.15, 0.2) is 64.0 Å². The maximum atomic E-state index is 12.3. The van der Waals surface area contributed by atoms with Gasteiger partial charge in [-0.05, 0) is 24.3 Å². The van der Waals surface area contributed by atoms with E-state index in [4.69, 9.17) is 4.74 Å². The molecule has 2 aromatic rings. The summed E-state index contributed by atoms with van der Waals surface area (Å²) in [6.45, 7) is 0.301. The smallest absolute Gasteiger partial charge is 0.340 e. The summed E-state index contributed by atoms with van der Waals surface area (Å²) in [6.07, 6.45) is 4.55. The van der Waals surface area contributed by atoms with Gasteiger partial charge in [0.1, 0.15) is 12.4 Å². The van der Waals surface area contributed by atoms with Crippen LogP contribution in [0, 0.1) is 0 Å². The summed E-state index contributed by atoms with van der Waals surface area (Å²) in [5.74, 6) is -0.285. The van der Waals surface area contributed by atoms with Crippen LogP contribution >= 0.6 is 11.3 Å². The molecule has 0 spiro atoms. The summed E-state index contributed by atoms with van der Waals surface area (Å²) in [5, 5.41) is 5.72. The Hall–Kier alpha value is -2.98. The molecule has 28 heavy (non-hydrogen) atoms. The van der Waals surface area contributed by atoms with Gasteiger partial charge in [-0.15, -0.1) is 15.7 Å². The van der Waals surface area contributed by atoms with Gasteiger partial charge in [-0.3, -0.25) is 0 Å². The highest BCUT2D eigenvalue weighted by atomic mass is 32.2. The van der Waals surface area contributed by atoms with Crippen molar-refractivity contribution in [2.45, 2.75) is 6.61 Å². The summed E-state index contributed by atoms with van der Waals surface area (Å²) in [5.41, 5.74) is 1.90. The lowest BCUT2D eigenvalue weighted by molar-refractivity contribution is -0.140. The van der Waals surface area contributed by atoms with E-state index in [1.807, 2.05) is 35.7 Å². The van der Waals surface area contributed by atoms with Gasteiger partial charge in [0.15, 0.2) is 5.13 Å². The average Bonchev–Trinajstić information content (AvgIpc) is 3.13. The molecule has 2 aliphatic heterocycles. The van der Waals surface area contributed by atoms with Crippen molar-refractivity contribution in [2.75, 3.05) is 17.6 Å². The molecule has 1 aromatic carbocycles. The fourth-order valence-electron chi connectivity index (χ4n) is 2.62. The number of ether oxygens (including phenoxy) is 1. The van der Waals surface area contributed by atoms with E-state index in [9.17, 15) is 13.2 Å². The number of aromatic nitrogens is 1. The number of hydrogen-bond donors (Lipinski definition) is 1. The number of hydrogen-bond acceptors (Lipinski definition) is 8. The van der Waals surface area contributed by atoms with Crippen LogP contribution in [0.5, 0.6) is 0 Å². The van der Waals surface area contributed by atoms with E-state index < -0.39 is 16.0 Å². The molecule has 0 amide bonds. The number of carbonyl (C=O) groups is 1. The number of fused-ring (bicyclic) bond motifs is 1. The lowest BCUT2D eigenvalue weighted by Gasteiger charge is -2.26. The van der Waals surface area contributed by atoms with Crippen molar-refractivity contribution in [1.82, 2.24) is 9.88 Å². The second kappa shape index (κ2) is 7.56. The van der Waals surface area contributed by atoms with Gasteiger partial charge >= 0.3 is 5.97 Å². The zero-order valence-electron chi connectivity index (χ0n) is 14.6. The Morgan fingerprint density at radius 3 is 2.89 bits per heavy atom. The first kappa shape index (κ1) is 18.4. The molecule has 8 nitrogen and oxygen atoms in total. The molecule has 0 saturated carbocycles. The Balaban J connectivity index is 1.35. The highest BCUT2D eigenvalue weighted by molar-refractivity contribution is 7.90. The summed E-state index contributed by atoms with van der Waals surface area (Å²) >= 11 is 1.42. The number of esters is 1. The van der Waals surface area contributed by atoms with E-state index in [-0.39, 0.29) is 18.9 Å². The van der Waals surface area contributed by atoms with Crippen LogP contribution in [0.3, 0.4) is 0 Å². The Kier molecular flexibility index (Phi) is 4.97. The molecule has 10 heteroatoms. The van der Waals surface area contributed by atoms with Gasteiger partial charge in [-0.25, -0.2) is 18.2 Å². The number of sulfonamides is 1. The van der Waals surface area contributed by atoms with Crippen molar-refractivity contribution >= 4 is 44.0 Å². The molecular formula is C18H16N4O4S2. The number of nitrogens with zero attached hydrogens (tertiary/aromatic N) is 3. The van der Waals surface area contributed by atoms with Crippen molar-refractivity contribution < 1.29 is 17.9 Å². The summed E-state index contributed by atoms with van der Waals surface area (Å²) in [7, 11) is -3.42. The minimum Gasteiger partial charge on any atom is -0.456 e. The van der Waals surface area contributed by atoms with E-state index in [0.717, 1.165) is 5.69 Å². The Bertz CT molecular complexity index is 1090. The second-order valence-corrected chi connectivity index (χ2v) is 8.67. The number of carbonyl (C=O) groups excluding carboxylic acids is 1. The highest BCUT2D eigenvalue weighted by Gasteiger charge is 2.25. The zero-order valence-corrected chi connectivity index (χ0v) is 16.2. The quantitative estimate of drug-likeness (QED) is 0.747.